The van der Waals surface area contributed by atoms with E-state index in [1.807, 2.05) is 0 Å². The van der Waals surface area contributed by atoms with E-state index in [1.165, 1.54) is 12.3 Å². The summed E-state index contributed by atoms with van der Waals surface area (Å²) in [6.07, 6.45) is -0.835. The number of aromatic nitrogens is 1. The van der Waals surface area contributed by atoms with Gasteiger partial charge in [-0.3, -0.25) is 4.98 Å². The van der Waals surface area contributed by atoms with Gasteiger partial charge in [0.1, 0.15) is 5.69 Å². The maximum Gasteiger partial charge on any atom is 0.433 e. The summed E-state index contributed by atoms with van der Waals surface area (Å²) in [6.45, 7) is 6.63. The van der Waals surface area contributed by atoms with E-state index in [0.29, 0.717) is 17.9 Å². The molecule has 3 heterocycles. The Balaban J connectivity index is 1.59. The minimum Gasteiger partial charge on any atom is -0.302 e. The van der Waals surface area contributed by atoms with Crippen LogP contribution in [0.15, 0.2) is 18.3 Å². The standard InChI is InChI=1S/C18H25F3N2O2S/c1-16(2,9-14-3-4-15(22-10-14)18(19,20)21)11-23-7-5-17(12-23)6-8-26(24,25)13-17/h3-4,10H,5-9,11-13H2,1-2H3/t17-/m1/s1. The lowest BCUT2D eigenvalue weighted by Gasteiger charge is -2.31. The Labute approximate surface area is 152 Å². The summed E-state index contributed by atoms with van der Waals surface area (Å²) in [6, 6.07) is 2.52. The Hall–Kier alpha value is -1.15. The molecule has 4 nitrogen and oxygen atoms in total. The lowest BCUT2D eigenvalue weighted by molar-refractivity contribution is -0.141. The minimum absolute atomic E-state index is 0.0924. The molecule has 1 aromatic rings. The first kappa shape index (κ1) is 19.6. The highest BCUT2D eigenvalue weighted by molar-refractivity contribution is 7.91. The molecular weight excluding hydrogens is 365 g/mol. The molecule has 2 aliphatic heterocycles. The molecule has 0 amide bonds. The van der Waals surface area contributed by atoms with Crippen molar-refractivity contribution in [2.24, 2.45) is 10.8 Å². The van der Waals surface area contributed by atoms with Crippen LogP contribution in [0.3, 0.4) is 0 Å². The molecule has 26 heavy (non-hydrogen) atoms. The van der Waals surface area contributed by atoms with E-state index in [1.54, 1.807) is 0 Å². The van der Waals surface area contributed by atoms with Crippen LogP contribution in [0.1, 0.15) is 37.9 Å². The van der Waals surface area contributed by atoms with Gasteiger partial charge in [-0.15, -0.1) is 0 Å². The summed E-state index contributed by atoms with van der Waals surface area (Å²) >= 11 is 0. The van der Waals surface area contributed by atoms with Gasteiger partial charge in [0, 0.05) is 19.3 Å². The first-order chi connectivity index (χ1) is 11.9. The second-order valence-electron chi connectivity index (χ2n) is 8.69. The molecule has 0 radical (unpaired) electrons. The number of nitrogens with zero attached hydrogens (tertiary/aromatic N) is 2. The van der Waals surface area contributed by atoms with E-state index in [4.69, 9.17) is 0 Å². The third-order valence-corrected chi connectivity index (χ3v) is 7.31. The van der Waals surface area contributed by atoms with Crippen molar-refractivity contribution in [3.05, 3.63) is 29.6 Å². The number of alkyl halides is 3. The van der Waals surface area contributed by atoms with Crippen molar-refractivity contribution in [3.63, 3.8) is 0 Å². The van der Waals surface area contributed by atoms with Gasteiger partial charge in [-0.05, 0) is 48.3 Å². The molecule has 2 aliphatic rings. The van der Waals surface area contributed by atoms with Crippen LogP contribution >= 0.6 is 0 Å². The minimum atomic E-state index is -4.42. The van der Waals surface area contributed by atoms with Crippen molar-refractivity contribution in [3.8, 4) is 0 Å². The highest BCUT2D eigenvalue weighted by atomic mass is 32.2. The van der Waals surface area contributed by atoms with Gasteiger partial charge in [0.2, 0.25) is 0 Å². The summed E-state index contributed by atoms with van der Waals surface area (Å²) in [5, 5.41) is 0. The van der Waals surface area contributed by atoms with Crippen molar-refractivity contribution in [1.29, 1.82) is 0 Å². The van der Waals surface area contributed by atoms with Crippen LogP contribution in [0.4, 0.5) is 13.2 Å². The van der Waals surface area contributed by atoms with E-state index in [-0.39, 0.29) is 10.8 Å². The summed E-state index contributed by atoms with van der Waals surface area (Å²) < 4.78 is 61.5. The second kappa shape index (κ2) is 6.48. The molecule has 0 N–H and O–H groups in total. The number of pyridine rings is 1. The summed E-state index contributed by atoms with van der Waals surface area (Å²) in [4.78, 5) is 5.84. The molecule has 1 aromatic heterocycles. The fourth-order valence-electron chi connectivity index (χ4n) is 4.38. The smallest absolute Gasteiger partial charge is 0.302 e. The zero-order chi connectivity index (χ0) is 19.2. The largest absolute Gasteiger partial charge is 0.433 e. The van der Waals surface area contributed by atoms with Crippen molar-refractivity contribution in [2.75, 3.05) is 31.1 Å². The highest BCUT2D eigenvalue weighted by Gasteiger charge is 2.47. The zero-order valence-corrected chi connectivity index (χ0v) is 16.0. The summed E-state index contributed by atoms with van der Waals surface area (Å²) in [5.41, 5.74) is -0.321. The third kappa shape index (κ3) is 4.57. The van der Waals surface area contributed by atoms with Crippen LogP contribution in [-0.4, -0.2) is 49.4 Å². The monoisotopic (exact) mass is 390 g/mol. The molecule has 2 saturated heterocycles. The maximum absolute atomic E-state index is 12.6. The first-order valence-electron chi connectivity index (χ1n) is 8.83. The quantitative estimate of drug-likeness (QED) is 0.792. The van der Waals surface area contributed by atoms with E-state index in [9.17, 15) is 21.6 Å². The van der Waals surface area contributed by atoms with Crippen LogP contribution in [0.25, 0.3) is 0 Å². The fraction of sp³-hybridized carbons (Fsp3) is 0.722. The van der Waals surface area contributed by atoms with Crippen molar-refractivity contribution in [2.45, 2.75) is 39.3 Å². The Bertz CT molecular complexity index is 760. The highest BCUT2D eigenvalue weighted by Crippen LogP contribution is 2.41. The van der Waals surface area contributed by atoms with E-state index < -0.39 is 21.7 Å². The Kier molecular flexibility index (Phi) is 4.88. The van der Waals surface area contributed by atoms with Gasteiger partial charge < -0.3 is 4.90 Å². The maximum atomic E-state index is 12.6. The Morgan fingerprint density at radius 1 is 1.23 bits per heavy atom. The van der Waals surface area contributed by atoms with Gasteiger partial charge in [-0.2, -0.15) is 13.2 Å². The van der Waals surface area contributed by atoms with Crippen LogP contribution in [0.2, 0.25) is 0 Å². The molecule has 0 saturated carbocycles. The predicted octanol–water partition coefficient (Wildman–Crippen LogP) is 3.18. The number of sulfone groups is 1. The van der Waals surface area contributed by atoms with Crippen molar-refractivity contribution >= 4 is 9.84 Å². The number of hydrogen-bond donors (Lipinski definition) is 0. The Morgan fingerprint density at radius 2 is 1.96 bits per heavy atom. The molecule has 0 aliphatic carbocycles. The predicted molar refractivity (Wildman–Crippen MR) is 93.5 cm³/mol. The number of rotatable bonds is 4. The van der Waals surface area contributed by atoms with Crippen LogP contribution in [0.5, 0.6) is 0 Å². The van der Waals surface area contributed by atoms with Crippen LogP contribution in [0, 0.1) is 10.8 Å². The Morgan fingerprint density at radius 3 is 2.50 bits per heavy atom. The first-order valence-corrected chi connectivity index (χ1v) is 10.7. The third-order valence-electron chi connectivity index (χ3n) is 5.44. The fourth-order valence-corrected chi connectivity index (χ4v) is 6.58. The molecule has 1 spiro atoms. The number of hydrogen-bond acceptors (Lipinski definition) is 4. The van der Waals surface area contributed by atoms with Crippen LogP contribution in [-0.2, 0) is 22.4 Å². The normalized spacial score (nSPS) is 26.7. The molecule has 0 aromatic carbocycles. The average Bonchev–Trinajstić information content (AvgIpc) is 3.00. The van der Waals surface area contributed by atoms with Gasteiger partial charge in [-0.25, -0.2) is 8.42 Å². The summed E-state index contributed by atoms with van der Waals surface area (Å²) in [7, 11) is -2.90. The van der Waals surface area contributed by atoms with E-state index in [2.05, 4.69) is 23.7 Å². The van der Waals surface area contributed by atoms with E-state index in [0.717, 1.165) is 44.1 Å². The zero-order valence-electron chi connectivity index (χ0n) is 15.1. The van der Waals surface area contributed by atoms with E-state index >= 15 is 0 Å². The average molecular weight is 390 g/mol. The lowest BCUT2D eigenvalue weighted by atomic mass is 9.85. The lowest BCUT2D eigenvalue weighted by Crippen LogP contribution is -2.36. The molecule has 8 heteroatoms. The van der Waals surface area contributed by atoms with Gasteiger partial charge in [0.05, 0.1) is 11.5 Å². The number of halogens is 3. The van der Waals surface area contributed by atoms with Gasteiger partial charge in [-0.1, -0.05) is 19.9 Å². The molecule has 0 bridgehead atoms. The molecule has 1 atom stereocenters. The molecule has 146 valence electrons. The van der Waals surface area contributed by atoms with Gasteiger partial charge in [0.15, 0.2) is 9.84 Å². The molecule has 0 unspecified atom stereocenters. The SMILES string of the molecule is CC(C)(Cc1ccc(C(F)(F)F)nc1)CN1CC[C@@]2(CCS(=O)(=O)C2)C1. The van der Waals surface area contributed by atoms with Gasteiger partial charge in [0.25, 0.3) is 0 Å². The second-order valence-corrected chi connectivity index (χ2v) is 10.9. The van der Waals surface area contributed by atoms with Crippen molar-refractivity contribution in [1.82, 2.24) is 9.88 Å². The van der Waals surface area contributed by atoms with Gasteiger partial charge >= 0.3 is 6.18 Å². The van der Waals surface area contributed by atoms with Crippen LogP contribution < -0.4 is 0 Å². The summed E-state index contributed by atoms with van der Waals surface area (Å²) in [5.74, 6) is 0.585. The number of likely N-dealkylation sites (tertiary alicyclic amines) is 1. The van der Waals surface area contributed by atoms with Crippen molar-refractivity contribution < 1.29 is 21.6 Å². The molecule has 2 fully saturated rings. The molecular formula is C18H25F3N2O2S. The topological polar surface area (TPSA) is 50.3 Å². The molecule has 3 rings (SSSR count).